The van der Waals surface area contributed by atoms with Crippen LogP contribution in [0.5, 0.6) is 0 Å². The van der Waals surface area contributed by atoms with Gasteiger partial charge in [-0.05, 0) is 36.5 Å². The normalized spacial score (nSPS) is 30.5. The molecular formula is C23H23N. The molecule has 120 valence electrons. The van der Waals surface area contributed by atoms with Gasteiger partial charge in [-0.25, -0.2) is 0 Å². The van der Waals surface area contributed by atoms with Crippen LogP contribution in [0.2, 0.25) is 0 Å². The fraction of sp³-hybridized carbons (Fsp3) is 0.348. The Labute approximate surface area is 145 Å². The van der Waals surface area contributed by atoms with E-state index in [0.717, 1.165) is 12.8 Å². The third-order valence-electron chi connectivity index (χ3n) is 5.72. The number of terminal acetylenes is 1. The minimum absolute atomic E-state index is 0.0104. The molecule has 1 heteroatoms. The Kier molecular flexibility index (Phi) is 4.21. The molecule has 0 spiro atoms. The molecule has 3 aliphatic rings. The first kappa shape index (κ1) is 16.4. The fourth-order valence-corrected chi connectivity index (χ4v) is 4.41. The first-order valence-electron chi connectivity index (χ1n) is 8.55. The molecule has 0 aromatic rings. The molecule has 1 nitrogen and oxygen atoms in total. The molecule has 0 aromatic carbocycles. The van der Waals surface area contributed by atoms with E-state index in [4.69, 9.17) is 11.7 Å². The monoisotopic (exact) mass is 313 g/mol. The maximum absolute atomic E-state index is 8.78. The Morgan fingerprint density at radius 3 is 2.83 bits per heavy atom. The smallest absolute Gasteiger partial charge is 0.0625 e. The summed E-state index contributed by atoms with van der Waals surface area (Å²) in [5, 5.41) is 8.78. The molecule has 0 heterocycles. The van der Waals surface area contributed by atoms with Gasteiger partial charge in [0.15, 0.2) is 0 Å². The van der Waals surface area contributed by atoms with Crippen molar-refractivity contribution >= 4 is 0 Å². The predicted octanol–water partition coefficient (Wildman–Crippen LogP) is 5.57. The van der Waals surface area contributed by atoms with Crippen LogP contribution >= 0.6 is 0 Å². The quantitative estimate of drug-likeness (QED) is 0.491. The van der Waals surface area contributed by atoms with Gasteiger partial charge in [0.25, 0.3) is 0 Å². The summed E-state index contributed by atoms with van der Waals surface area (Å²) < 4.78 is 0. The summed E-state index contributed by atoms with van der Waals surface area (Å²) >= 11 is 0. The average Bonchev–Trinajstić information content (AvgIpc) is 2.65. The molecule has 2 atom stereocenters. The van der Waals surface area contributed by atoms with E-state index < -0.39 is 0 Å². The van der Waals surface area contributed by atoms with Crippen LogP contribution in [0.3, 0.4) is 0 Å². The largest absolute Gasteiger partial charge is 0.198 e. The van der Waals surface area contributed by atoms with Crippen molar-refractivity contribution in [1.82, 2.24) is 0 Å². The van der Waals surface area contributed by atoms with Gasteiger partial charge in [0.1, 0.15) is 0 Å². The lowest BCUT2D eigenvalue weighted by atomic mass is 9.69. The highest BCUT2D eigenvalue weighted by molar-refractivity contribution is 5.61. The lowest BCUT2D eigenvalue weighted by molar-refractivity contribution is 0.346. The molecule has 0 saturated heterocycles. The van der Waals surface area contributed by atoms with E-state index in [1.807, 2.05) is 0 Å². The Morgan fingerprint density at radius 1 is 1.29 bits per heavy atom. The van der Waals surface area contributed by atoms with Crippen molar-refractivity contribution in [3.05, 3.63) is 70.9 Å². The van der Waals surface area contributed by atoms with Gasteiger partial charge in [0.2, 0.25) is 0 Å². The maximum Gasteiger partial charge on any atom is 0.0625 e. The van der Waals surface area contributed by atoms with E-state index >= 15 is 0 Å². The third-order valence-corrected chi connectivity index (χ3v) is 5.72. The standard InChI is InChI=1S/C23H23N/c1-4-15-23-17-22(3)19(14-13-18(23)2)10-7-8-11-20(22)21(23)12-6-5-9-16-24/h1,6-8,10-14H,5,9,15,17H2,2-3H3/b12-6-. The van der Waals surface area contributed by atoms with Gasteiger partial charge in [0, 0.05) is 23.7 Å². The summed E-state index contributed by atoms with van der Waals surface area (Å²) in [4.78, 5) is 0. The Hall–Kier alpha value is -2.51. The highest BCUT2D eigenvalue weighted by Gasteiger charge is 2.52. The summed E-state index contributed by atoms with van der Waals surface area (Å²) in [7, 11) is 0. The second kappa shape index (κ2) is 6.18. The molecule has 0 N–H and O–H groups in total. The zero-order valence-corrected chi connectivity index (χ0v) is 14.5. The Balaban J connectivity index is 2.21. The number of fused-ring (bicyclic) bond motifs is 1. The highest BCUT2D eigenvalue weighted by Crippen LogP contribution is 2.63. The number of nitriles is 1. The van der Waals surface area contributed by atoms with Crippen molar-refractivity contribution in [3.63, 3.8) is 0 Å². The van der Waals surface area contributed by atoms with Crippen molar-refractivity contribution in [3.8, 4) is 18.4 Å². The molecule has 3 aliphatic carbocycles. The Bertz CT molecular complexity index is 813. The van der Waals surface area contributed by atoms with Gasteiger partial charge in [0.05, 0.1) is 6.07 Å². The number of nitrogens with zero attached hydrogens (tertiary/aromatic N) is 1. The van der Waals surface area contributed by atoms with Crippen LogP contribution in [0.4, 0.5) is 0 Å². The second-order valence-electron chi connectivity index (χ2n) is 7.09. The van der Waals surface area contributed by atoms with Gasteiger partial charge < -0.3 is 0 Å². The van der Waals surface area contributed by atoms with E-state index in [9.17, 15) is 0 Å². The summed E-state index contributed by atoms with van der Waals surface area (Å²) in [6, 6.07) is 2.21. The first-order valence-corrected chi connectivity index (χ1v) is 8.55. The van der Waals surface area contributed by atoms with Crippen LogP contribution in [0.15, 0.2) is 70.9 Å². The summed E-state index contributed by atoms with van der Waals surface area (Å²) in [6.07, 6.45) is 26.4. The highest BCUT2D eigenvalue weighted by atomic mass is 14.5. The lowest BCUT2D eigenvalue weighted by Gasteiger charge is -2.33. The average molecular weight is 313 g/mol. The number of rotatable bonds is 4. The molecule has 0 amide bonds. The van der Waals surface area contributed by atoms with Crippen molar-refractivity contribution < 1.29 is 0 Å². The van der Waals surface area contributed by atoms with Gasteiger partial charge in [-0.2, -0.15) is 5.26 Å². The number of allylic oxidation sites excluding steroid dienone is 12. The molecule has 0 saturated carbocycles. The van der Waals surface area contributed by atoms with Crippen molar-refractivity contribution in [2.45, 2.75) is 39.5 Å². The van der Waals surface area contributed by atoms with Crippen LogP contribution in [-0.2, 0) is 0 Å². The third kappa shape index (κ3) is 2.33. The topological polar surface area (TPSA) is 23.8 Å². The minimum atomic E-state index is -0.101. The van der Waals surface area contributed by atoms with Gasteiger partial charge in [-0.3, -0.25) is 0 Å². The molecule has 3 rings (SSSR count). The lowest BCUT2D eigenvalue weighted by Crippen LogP contribution is -2.24. The van der Waals surface area contributed by atoms with E-state index in [0.29, 0.717) is 12.8 Å². The SMILES string of the molecule is C#CCC12CC3(C)C(=CC=C1C)C=CC=CC3=C2/C=C\CCC#N. The van der Waals surface area contributed by atoms with Crippen LogP contribution < -0.4 is 0 Å². The molecule has 2 unspecified atom stereocenters. The van der Waals surface area contributed by atoms with Crippen molar-refractivity contribution in [2.24, 2.45) is 10.8 Å². The molecule has 0 fully saturated rings. The van der Waals surface area contributed by atoms with E-state index in [1.165, 1.54) is 22.3 Å². The van der Waals surface area contributed by atoms with E-state index in [2.05, 4.69) is 74.4 Å². The Morgan fingerprint density at radius 2 is 2.08 bits per heavy atom. The second-order valence-corrected chi connectivity index (χ2v) is 7.09. The fourth-order valence-electron chi connectivity index (χ4n) is 4.41. The van der Waals surface area contributed by atoms with E-state index in [1.54, 1.807) is 0 Å². The van der Waals surface area contributed by atoms with Crippen LogP contribution in [0, 0.1) is 34.5 Å². The van der Waals surface area contributed by atoms with Crippen molar-refractivity contribution in [2.75, 3.05) is 0 Å². The minimum Gasteiger partial charge on any atom is -0.198 e. The predicted molar refractivity (Wildman–Crippen MR) is 99.7 cm³/mol. The summed E-state index contributed by atoms with van der Waals surface area (Å²) in [5.74, 6) is 2.93. The summed E-state index contributed by atoms with van der Waals surface area (Å²) in [5.41, 5.74) is 5.27. The molecule has 0 radical (unpaired) electrons. The van der Waals surface area contributed by atoms with E-state index in [-0.39, 0.29) is 10.8 Å². The number of unbranched alkanes of at least 4 members (excludes halogenated alkanes) is 1. The molecule has 2 bridgehead atoms. The molecule has 0 aliphatic heterocycles. The van der Waals surface area contributed by atoms with Crippen LogP contribution in [-0.4, -0.2) is 0 Å². The van der Waals surface area contributed by atoms with Gasteiger partial charge in [-0.1, -0.05) is 61.1 Å². The van der Waals surface area contributed by atoms with Crippen LogP contribution in [0.25, 0.3) is 0 Å². The van der Waals surface area contributed by atoms with Gasteiger partial charge >= 0.3 is 0 Å². The maximum atomic E-state index is 8.78. The van der Waals surface area contributed by atoms with Gasteiger partial charge in [-0.15, -0.1) is 12.3 Å². The molecule has 24 heavy (non-hydrogen) atoms. The zero-order valence-electron chi connectivity index (χ0n) is 14.5. The first-order chi connectivity index (χ1) is 11.6. The zero-order chi connectivity index (χ0) is 17.2. The number of hydrogen-bond acceptors (Lipinski definition) is 1. The summed E-state index contributed by atoms with van der Waals surface area (Å²) in [6.45, 7) is 4.54. The van der Waals surface area contributed by atoms with Crippen LogP contribution in [0.1, 0.15) is 39.5 Å². The van der Waals surface area contributed by atoms with Crippen molar-refractivity contribution in [1.29, 1.82) is 5.26 Å². The molecular weight excluding hydrogens is 290 g/mol. The molecule has 0 aromatic heterocycles. The number of hydrogen-bond donors (Lipinski definition) is 0.